The summed E-state index contributed by atoms with van der Waals surface area (Å²) in [5.41, 5.74) is 10.4. The smallest absolute Gasteiger partial charge is 0.0511 e. The lowest BCUT2D eigenvalue weighted by molar-refractivity contribution is 0.268. The van der Waals surface area contributed by atoms with Crippen LogP contribution >= 0.6 is 0 Å². The molecule has 2 rings (SSSR count). The molecule has 0 aliphatic rings. The predicted molar refractivity (Wildman–Crippen MR) is 75.5 cm³/mol. The van der Waals surface area contributed by atoms with Crippen molar-refractivity contribution in [2.45, 2.75) is 12.8 Å². The second kappa shape index (κ2) is 5.80. The second-order valence-electron chi connectivity index (χ2n) is 4.56. The first-order chi connectivity index (χ1) is 8.76. The highest BCUT2D eigenvalue weighted by molar-refractivity contribution is 5.67. The summed E-state index contributed by atoms with van der Waals surface area (Å²) in [5, 5.41) is 9.32. The molecule has 0 amide bonds. The summed E-state index contributed by atoms with van der Waals surface area (Å²) in [5.74, 6) is 0.0222. The molecule has 0 heterocycles. The molecular formula is C16H19NO. The van der Waals surface area contributed by atoms with Crippen LogP contribution in [0.2, 0.25) is 0 Å². The summed E-state index contributed by atoms with van der Waals surface area (Å²) >= 11 is 0. The van der Waals surface area contributed by atoms with Crippen LogP contribution in [0.4, 0.5) is 0 Å². The number of hydrogen-bond acceptors (Lipinski definition) is 2. The molecule has 2 nitrogen and oxygen atoms in total. The van der Waals surface area contributed by atoms with E-state index in [-0.39, 0.29) is 12.5 Å². The molecule has 0 bridgehead atoms. The molecule has 0 fully saturated rings. The van der Waals surface area contributed by atoms with Gasteiger partial charge in [-0.3, -0.25) is 0 Å². The van der Waals surface area contributed by atoms with Gasteiger partial charge in [0.25, 0.3) is 0 Å². The average molecular weight is 241 g/mol. The summed E-state index contributed by atoms with van der Waals surface area (Å²) in [4.78, 5) is 0. The van der Waals surface area contributed by atoms with Crippen molar-refractivity contribution >= 4 is 0 Å². The monoisotopic (exact) mass is 241 g/mol. The molecule has 0 aromatic heterocycles. The molecule has 3 N–H and O–H groups in total. The Bertz CT molecular complexity index is 518. The van der Waals surface area contributed by atoms with Crippen molar-refractivity contribution in [3.8, 4) is 11.1 Å². The summed E-state index contributed by atoms with van der Waals surface area (Å²) in [6.45, 7) is 2.66. The van der Waals surface area contributed by atoms with Gasteiger partial charge in [0.15, 0.2) is 0 Å². The summed E-state index contributed by atoms with van der Waals surface area (Å²) in [7, 11) is 0. The number of rotatable bonds is 4. The standard InChI is InChI=1S/C16H19NO/c1-12-5-2-3-8-16(12)14-7-4-6-13(9-14)15(10-17)11-18/h2-9,15,18H,10-11,17H2,1H3. The third kappa shape index (κ3) is 2.61. The fourth-order valence-electron chi connectivity index (χ4n) is 2.17. The molecule has 18 heavy (non-hydrogen) atoms. The van der Waals surface area contributed by atoms with Gasteiger partial charge in [0.1, 0.15) is 0 Å². The van der Waals surface area contributed by atoms with Crippen LogP contribution < -0.4 is 5.73 Å². The minimum atomic E-state index is 0.0222. The van der Waals surface area contributed by atoms with Gasteiger partial charge in [0.05, 0.1) is 6.61 Å². The zero-order chi connectivity index (χ0) is 13.0. The molecule has 0 spiro atoms. The lowest BCUT2D eigenvalue weighted by Gasteiger charge is -2.14. The van der Waals surface area contributed by atoms with Crippen LogP contribution in [0.5, 0.6) is 0 Å². The molecule has 2 heteroatoms. The van der Waals surface area contributed by atoms with Gasteiger partial charge in [-0.15, -0.1) is 0 Å². The Balaban J connectivity index is 2.42. The lowest BCUT2D eigenvalue weighted by Crippen LogP contribution is -2.15. The number of hydrogen-bond donors (Lipinski definition) is 2. The van der Waals surface area contributed by atoms with Crippen molar-refractivity contribution in [2.24, 2.45) is 5.73 Å². The first kappa shape index (κ1) is 12.8. The first-order valence-corrected chi connectivity index (χ1v) is 6.23. The molecule has 2 aromatic carbocycles. The van der Waals surface area contributed by atoms with E-state index in [0.717, 1.165) is 5.56 Å². The third-order valence-electron chi connectivity index (χ3n) is 3.32. The number of aliphatic hydroxyl groups is 1. The molecular weight excluding hydrogens is 222 g/mol. The molecule has 2 aromatic rings. The van der Waals surface area contributed by atoms with Gasteiger partial charge in [0.2, 0.25) is 0 Å². The van der Waals surface area contributed by atoms with Crippen LogP contribution in [0, 0.1) is 6.92 Å². The van der Waals surface area contributed by atoms with Crippen molar-refractivity contribution < 1.29 is 5.11 Å². The van der Waals surface area contributed by atoms with E-state index in [9.17, 15) is 5.11 Å². The van der Waals surface area contributed by atoms with Crippen LogP contribution in [-0.4, -0.2) is 18.3 Å². The van der Waals surface area contributed by atoms with Gasteiger partial charge in [-0.25, -0.2) is 0 Å². The van der Waals surface area contributed by atoms with Crippen molar-refractivity contribution in [2.75, 3.05) is 13.2 Å². The predicted octanol–water partition coefficient (Wildman–Crippen LogP) is 2.70. The van der Waals surface area contributed by atoms with Gasteiger partial charge < -0.3 is 10.8 Å². The van der Waals surface area contributed by atoms with E-state index in [1.54, 1.807) is 0 Å². The Kier molecular flexibility index (Phi) is 4.13. The Morgan fingerprint density at radius 3 is 2.56 bits per heavy atom. The Morgan fingerprint density at radius 1 is 1.11 bits per heavy atom. The summed E-state index contributed by atoms with van der Waals surface area (Å²) < 4.78 is 0. The molecule has 0 saturated carbocycles. The highest BCUT2D eigenvalue weighted by atomic mass is 16.3. The Hall–Kier alpha value is -1.64. The molecule has 0 aliphatic heterocycles. The third-order valence-corrected chi connectivity index (χ3v) is 3.32. The van der Waals surface area contributed by atoms with E-state index in [4.69, 9.17) is 5.73 Å². The molecule has 94 valence electrons. The normalized spacial score (nSPS) is 12.4. The Morgan fingerprint density at radius 2 is 1.89 bits per heavy atom. The molecule has 1 atom stereocenters. The molecule has 1 unspecified atom stereocenters. The Labute approximate surface area is 108 Å². The minimum Gasteiger partial charge on any atom is -0.396 e. The van der Waals surface area contributed by atoms with Crippen molar-refractivity contribution in [3.63, 3.8) is 0 Å². The maximum Gasteiger partial charge on any atom is 0.0511 e. The topological polar surface area (TPSA) is 46.2 Å². The van der Waals surface area contributed by atoms with Gasteiger partial charge in [-0.05, 0) is 29.2 Å². The highest BCUT2D eigenvalue weighted by Gasteiger charge is 2.09. The largest absolute Gasteiger partial charge is 0.396 e. The van der Waals surface area contributed by atoms with Crippen LogP contribution in [0.15, 0.2) is 48.5 Å². The SMILES string of the molecule is Cc1ccccc1-c1cccc(C(CN)CO)c1. The fourth-order valence-corrected chi connectivity index (χ4v) is 2.17. The number of benzene rings is 2. The molecule has 0 radical (unpaired) electrons. The average Bonchev–Trinajstić information content (AvgIpc) is 2.41. The quantitative estimate of drug-likeness (QED) is 0.864. The van der Waals surface area contributed by atoms with Gasteiger partial charge in [-0.2, -0.15) is 0 Å². The number of nitrogens with two attached hydrogens (primary N) is 1. The van der Waals surface area contributed by atoms with Crippen LogP contribution in [-0.2, 0) is 0 Å². The van der Waals surface area contributed by atoms with Gasteiger partial charge in [-0.1, -0.05) is 48.5 Å². The van der Waals surface area contributed by atoms with Crippen LogP contribution in [0.3, 0.4) is 0 Å². The zero-order valence-electron chi connectivity index (χ0n) is 10.6. The van der Waals surface area contributed by atoms with Crippen molar-refractivity contribution in [3.05, 3.63) is 59.7 Å². The van der Waals surface area contributed by atoms with Crippen LogP contribution in [0.1, 0.15) is 17.0 Å². The molecule has 0 aliphatic carbocycles. The fraction of sp³-hybridized carbons (Fsp3) is 0.250. The maximum absolute atomic E-state index is 9.32. The summed E-state index contributed by atoms with van der Waals surface area (Å²) in [6, 6.07) is 16.6. The van der Waals surface area contributed by atoms with E-state index >= 15 is 0 Å². The van der Waals surface area contributed by atoms with E-state index in [1.165, 1.54) is 16.7 Å². The maximum atomic E-state index is 9.32. The van der Waals surface area contributed by atoms with Gasteiger partial charge >= 0.3 is 0 Å². The number of aryl methyl sites for hydroxylation is 1. The van der Waals surface area contributed by atoms with Crippen LogP contribution in [0.25, 0.3) is 11.1 Å². The second-order valence-corrected chi connectivity index (χ2v) is 4.56. The van der Waals surface area contributed by atoms with Crippen molar-refractivity contribution in [1.82, 2.24) is 0 Å². The minimum absolute atomic E-state index is 0.0222. The molecule has 0 saturated heterocycles. The first-order valence-electron chi connectivity index (χ1n) is 6.23. The van der Waals surface area contributed by atoms with E-state index in [1.807, 2.05) is 24.3 Å². The number of aliphatic hydroxyl groups excluding tert-OH is 1. The van der Waals surface area contributed by atoms with E-state index in [2.05, 4.69) is 31.2 Å². The summed E-state index contributed by atoms with van der Waals surface area (Å²) in [6.07, 6.45) is 0. The van der Waals surface area contributed by atoms with Gasteiger partial charge in [0, 0.05) is 12.5 Å². The lowest BCUT2D eigenvalue weighted by atomic mass is 9.94. The van der Waals surface area contributed by atoms with E-state index in [0.29, 0.717) is 6.54 Å². The highest BCUT2D eigenvalue weighted by Crippen LogP contribution is 2.26. The zero-order valence-corrected chi connectivity index (χ0v) is 10.6. The van der Waals surface area contributed by atoms with Crippen molar-refractivity contribution in [1.29, 1.82) is 0 Å². The van der Waals surface area contributed by atoms with E-state index < -0.39 is 0 Å².